The molecule has 14 heteroatoms. The van der Waals surface area contributed by atoms with Crippen LogP contribution in [-0.2, 0) is 26.3 Å². The number of fused-ring (bicyclic) bond motifs is 1. The fourth-order valence-electron chi connectivity index (χ4n) is 5.86. The van der Waals surface area contributed by atoms with Gasteiger partial charge in [-0.15, -0.1) is 0 Å². The molecule has 2 aromatic rings. The first-order valence-corrected chi connectivity index (χ1v) is 16.4. The molecule has 0 spiro atoms. The summed E-state index contributed by atoms with van der Waals surface area (Å²) in [5, 5.41) is 8.75. The average Bonchev–Trinajstić information content (AvgIpc) is 3.66. The van der Waals surface area contributed by atoms with Gasteiger partial charge in [-0.25, -0.2) is 9.18 Å². The molecule has 0 amide bonds. The number of alkyl halides is 3. The Balaban J connectivity index is 1.54. The Kier molecular flexibility index (Phi) is 11.8. The van der Waals surface area contributed by atoms with Crippen LogP contribution < -0.4 is 19.1 Å². The molecule has 1 N–H and O–H groups in total. The van der Waals surface area contributed by atoms with Gasteiger partial charge in [0.2, 0.25) is 0 Å². The molecule has 0 bridgehead atoms. The van der Waals surface area contributed by atoms with E-state index in [0.717, 1.165) is 37.2 Å². The van der Waals surface area contributed by atoms with Gasteiger partial charge in [-0.05, 0) is 68.7 Å². The van der Waals surface area contributed by atoms with Crippen LogP contribution >= 0.6 is 0 Å². The maximum atomic E-state index is 15.6. The van der Waals surface area contributed by atoms with Gasteiger partial charge in [0.25, 0.3) is 0 Å². The molecule has 2 heterocycles. The number of unbranched alkanes of at least 4 members (excludes halogenated alkanes) is 1. The van der Waals surface area contributed by atoms with Crippen molar-refractivity contribution in [1.29, 1.82) is 5.41 Å². The molecule has 1 fully saturated rings. The Morgan fingerprint density at radius 1 is 0.918 bits per heavy atom. The lowest BCUT2D eigenvalue weighted by atomic mass is 9.84. The molecule has 0 atom stereocenters. The molecule has 0 aliphatic carbocycles. The number of amidine groups is 1. The zero-order valence-electron chi connectivity index (χ0n) is 28.5. The molecular formula is C35H43F4N3O7. The molecular weight excluding hydrogens is 650 g/mol. The minimum Gasteiger partial charge on any atom is -0.491 e. The largest absolute Gasteiger partial charge is 0.491 e. The summed E-state index contributed by atoms with van der Waals surface area (Å²) in [7, 11) is 0. The summed E-state index contributed by atoms with van der Waals surface area (Å²) in [5.41, 5.74) is 2.01. The summed E-state index contributed by atoms with van der Waals surface area (Å²) in [6.45, 7) is 11.5. The normalized spacial score (nSPS) is 14.6. The van der Waals surface area contributed by atoms with E-state index in [1.165, 1.54) is 4.90 Å². The molecule has 1 saturated heterocycles. The van der Waals surface area contributed by atoms with Crippen LogP contribution in [0.3, 0.4) is 0 Å². The van der Waals surface area contributed by atoms with E-state index in [2.05, 4.69) is 9.64 Å². The molecule has 268 valence electrons. The van der Waals surface area contributed by atoms with Crippen molar-refractivity contribution in [1.82, 2.24) is 4.90 Å². The Hall–Kier alpha value is -4.36. The van der Waals surface area contributed by atoms with Crippen molar-refractivity contribution >= 4 is 29.2 Å². The maximum absolute atomic E-state index is 15.6. The number of esters is 2. The van der Waals surface area contributed by atoms with Gasteiger partial charge in [0.1, 0.15) is 11.6 Å². The number of anilines is 1. The highest BCUT2D eigenvalue weighted by Gasteiger charge is 2.42. The Bertz CT molecular complexity index is 1580. The van der Waals surface area contributed by atoms with E-state index in [1.807, 2.05) is 20.8 Å². The van der Waals surface area contributed by atoms with Crippen LogP contribution in [0.15, 0.2) is 18.2 Å². The quantitative estimate of drug-likeness (QED) is 0.0756. The number of halogens is 4. The summed E-state index contributed by atoms with van der Waals surface area (Å²) < 4.78 is 74.0. The van der Waals surface area contributed by atoms with Crippen LogP contribution in [0.1, 0.15) is 93.8 Å². The highest BCUT2D eigenvalue weighted by Crippen LogP contribution is 2.43. The first-order chi connectivity index (χ1) is 23.1. The van der Waals surface area contributed by atoms with E-state index in [-0.39, 0.29) is 67.8 Å². The third-order valence-electron chi connectivity index (χ3n) is 8.21. The van der Waals surface area contributed by atoms with Crippen LogP contribution in [0.2, 0.25) is 0 Å². The van der Waals surface area contributed by atoms with Gasteiger partial charge in [-0.2, -0.15) is 13.2 Å². The Morgan fingerprint density at radius 2 is 1.59 bits per heavy atom. The fourth-order valence-corrected chi connectivity index (χ4v) is 5.86. The number of nitrogens with one attached hydrogen (secondary N) is 1. The van der Waals surface area contributed by atoms with Gasteiger partial charge < -0.3 is 28.7 Å². The highest BCUT2D eigenvalue weighted by atomic mass is 19.4. The zero-order valence-corrected chi connectivity index (χ0v) is 28.5. The first kappa shape index (κ1) is 37.5. The second-order valence-electron chi connectivity index (χ2n) is 12.9. The lowest BCUT2D eigenvalue weighted by Crippen LogP contribution is -2.31. The van der Waals surface area contributed by atoms with Gasteiger partial charge >= 0.3 is 18.1 Å². The molecule has 0 unspecified atom stereocenters. The maximum Gasteiger partial charge on any atom is 0.491 e. The summed E-state index contributed by atoms with van der Waals surface area (Å²) >= 11 is 0. The number of ketones is 1. The second-order valence-corrected chi connectivity index (χ2v) is 12.9. The molecule has 2 aliphatic heterocycles. The number of hydrogen-bond acceptors (Lipinski definition) is 9. The summed E-state index contributed by atoms with van der Waals surface area (Å²) in [6, 6.07) is 5.20. The van der Waals surface area contributed by atoms with Gasteiger partial charge in [0, 0.05) is 37.2 Å². The van der Waals surface area contributed by atoms with E-state index in [1.54, 1.807) is 32.0 Å². The molecule has 4 rings (SSSR count). The standard InChI is InChI=1S/C35H43F4N3O7/c1-6-46-26-18-22-19-42(32(40)28(22)29(36)31(26)47-7-2)20-25(43)21-16-23(34(3,4)5)30(24(17-21)41-13-9-10-14-41)48-15-11-8-12-27(44)49-33(45)35(37,38)39/h16-18,40H,6-15,19-20H2,1-5H3. The monoisotopic (exact) mass is 693 g/mol. The minimum atomic E-state index is -5.25. The van der Waals surface area contributed by atoms with Crippen LogP contribution in [-0.4, -0.2) is 74.1 Å². The van der Waals surface area contributed by atoms with E-state index >= 15 is 4.39 Å². The average molecular weight is 694 g/mol. The van der Waals surface area contributed by atoms with E-state index < -0.39 is 29.3 Å². The van der Waals surface area contributed by atoms with Crippen molar-refractivity contribution in [3.8, 4) is 17.2 Å². The topological polar surface area (TPSA) is 118 Å². The molecule has 2 aliphatic rings. The highest BCUT2D eigenvalue weighted by molar-refractivity contribution is 6.06. The molecule has 0 radical (unpaired) electrons. The second kappa shape index (κ2) is 15.5. The van der Waals surface area contributed by atoms with Crippen molar-refractivity contribution in [2.24, 2.45) is 0 Å². The predicted molar refractivity (Wildman–Crippen MR) is 173 cm³/mol. The lowest BCUT2D eigenvalue weighted by molar-refractivity contribution is -0.201. The van der Waals surface area contributed by atoms with Crippen LogP contribution in [0.25, 0.3) is 0 Å². The number of nitrogens with zero attached hydrogens (tertiary/aromatic N) is 2. The van der Waals surface area contributed by atoms with E-state index in [0.29, 0.717) is 29.9 Å². The third-order valence-corrected chi connectivity index (χ3v) is 8.21. The van der Waals surface area contributed by atoms with Crippen molar-refractivity contribution < 1.29 is 50.9 Å². The number of ether oxygens (including phenoxy) is 4. The molecule has 2 aromatic carbocycles. The summed E-state index contributed by atoms with van der Waals surface area (Å²) in [6.07, 6.45) is -3.31. The molecule has 0 saturated carbocycles. The van der Waals surface area contributed by atoms with Gasteiger partial charge in [0.15, 0.2) is 23.1 Å². The van der Waals surface area contributed by atoms with Crippen LogP contribution in [0.5, 0.6) is 17.2 Å². The van der Waals surface area contributed by atoms with Gasteiger partial charge in [-0.3, -0.25) is 15.0 Å². The SMILES string of the molecule is CCOc1cc2c(c(F)c1OCC)C(=N)N(CC(=O)c1cc(N3CCCC3)c(OCCCCC(=O)OC(=O)C(F)(F)F)c(C(C)(C)C)c1)C2. The predicted octanol–water partition coefficient (Wildman–Crippen LogP) is 6.73. The number of carbonyl (C=O) groups excluding carboxylic acids is 3. The third kappa shape index (κ3) is 8.82. The van der Waals surface area contributed by atoms with Crippen molar-refractivity contribution in [3.05, 3.63) is 46.3 Å². The first-order valence-electron chi connectivity index (χ1n) is 16.4. The number of carbonyl (C=O) groups is 3. The molecule has 0 aromatic heterocycles. The van der Waals surface area contributed by atoms with Crippen molar-refractivity contribution in [2.75, 3.05) is 44.4 Å². The number of rotatable bonds is 14. The molecule has 10 nitrogen and oxygen atoms in total. The minimum absolute atomic E-state index is 0.0572. The van der Waals surface area contributed by atoms with Crippen molar-refractivity contribution in [3.63, 3.8) is 0 Å². The summed E-state index contributed by atoms with van der Waals surface area (Å²) in [5.74, 6) is -4.13. The van der Waals surface area contributed by atoms with Crippen LogP contribution in [0.4, 0.5) is 23.2 Å². The number of Topliss-reactive ketones (excluding diaryl/α,β-unsaturated/α-hetero) is 1. The number of benzene rings is 2. The van der Waals surface area contributed by atoms with Gasteiger partial charge in [-0.1, -0.05) is 20.8 Å². The van der Waals surface area contributed by atoms with Gasteiger partial charge in [0.05, 0.1) is 37.6 Å². The Labute approximate surface area is 283 Å². The number of hydrogen-bond donors (Lipinski definition) is 1. The zero-order chi connectivity index (χ0) is 36.1. The lowest BCUT2D eigenvalue weighted by Gasteiger charge is -2.30. The molecule has 49 heavy (non-hydrogen) atoms. The smallest absolute Gasteiger partial charge is 0.491 e. The summed E-state index contributed by atoms with van der Waals surface area (Å²) in [4.78, 5) is 40.1. The van der Waals surface area contributed by atoms with Crippen molar-refractivity contribution in [2.45, 2.75) is 84.9 Å². The van der Waals surface area contributed by atoms with E-state index in [4.69, 9.17) is 19.6 Å². The van der Waals surface area contributed by atoms with Crippen LogP contribution in [0, 0.1) is 11.2 Å². The Morgan fingerprint density at radius 3 is 2.20 bits per heavy atom. The van der Waals surface area contributed by atoms with E-state index in [9.17, 15) is 27.6 Å². The fraction of sp³-hybridized carbons (Fsp3) is 0.543.